The topological polar surface area (TPSA) is 108 Å². The molecule has 0 saturated carbocycles. The Labute approximate surface area is 405 Å². The van der Waals surface area contributed by atoms with Crippen LogP contribution in [-0.2, 0) is 18.9 Å². The van der Waals surface area contributed by atoms with E-state index in [1.165, 1.54) is 12.8 Å². The molecule has 3 aromatic carbocycles. The number of benzene rings is 3. The van der Waals surface area contributed by atoms with E-state index in [0.717, 1.165) is 95.5 Å². The quantitative estimate of drug-likeness (QED) is 0.0312. The summed E-state index contributed by atoms with van der Waals surface area (Å²) >= 11 is 0. The molecule has 0 saturated heterocycles. The Morgan fingerprint density at radius 3 is 1.09 bits per heavy atom. The summed E-state index contributed by atoms with van der Waals surface area (Å²) in [5.41, 5.74) is 1.54. The predicted molar refractivity (Wildman–Crippen MR) is 270 cm³/mol. The standard InChI is InChI=1S/C57H88O10/c1-9-17-24-44(13-5)40-64-51-32-30-49(38-53(51)66-42-46(15-7)26-19-11-3)55(58)60-34-36-62-57(48-28-22-21-23-29-48)63-37-35-61-56(59)50-31-33-52(65-41-45(14-6)25-18-10-2)54(39-50)67-43-47(16-8)27-20-12-4/h21-23,28-33,38-39,44-47,57H,9-20,24-27,34-37,40-43H2,1-8H3. The van der Waals surface area contributed by atoms with E-state index in [1.807, 2.05) is 42.5 Å². The zero-order valence-electron chi connectivity index (χ0n) is 42.8. The molecule has 0 bridgehead atoms. The average molecular weight is 933 g/mol. The fourth-order valence-corrected chi connectivity index (χ4v) is 7.75. The first-order valence-corrected chi connectivity index (χ1v) is 26.1. The van der Waals surface area contributed by atoms with Crippen LogP contribution >= 0.6 is 0 Å². The fourth-order valence-electron chi connectivity index (χ4n) is 7.75. The van der Waals surface area contributed by atoms with Crippen LogP contribution in [0.3, 0.4) is 0 Å². The van der Waals surface area contributed by atoms with E-state index in [2.05, 4.69) is 55.4 Å². The lowest BCUT2D eigenvalue weighted by molar-refractivity contribution is -0.157. The van der Waals surface area contributed by atoms with E-state index >= 15 is 0 Å². The van der Waals surface area contributed by atoms with Gasteiger partial charge in [0.1, 0.15) is 13.2 Å². The summed E-state index contributed by atoms with van der Waals surface area (Å²) in [6, 6.07) is 20.1. The molecule has 0 radical (unpaired) electrons. The van der Waals surface area contributed by atoms with Crippen molar-refractivity contribution in [2.75, 3.05) is 52.9 Å². The van der Waals surface area contributed by atoms with E-state index in [4.69, 9.17) is 37.9 Å². The molecule has 3 aromatic rings. The molecule has 376 valence electrons. The molecular weight excluding hydrogens is 845 g/mol. The van der Waals surface area contributed by atoms with Gasteiger partial charge in [-0.2, -0.15) is 0 Å². The normalized spacial score (nSPS) is 13.6. The van der Waals surface area contributed by atoms with Gasteiger partial charge in [-0.25, -0.2) is 9.59 Å². The van der Waals surface area contributed by atoms with Gasteiger partial charge in [-0.05, 0) is 85.8 Å². The van der Waals surface area contributed by atoms with Crippen LogP contribution in [0.5, 0.6) is 23.0 Å². The van der Waals surface area contributed by atoms with Crippen molar-refractivity contribution in [3.05, 3.63) is 83.4 Å². The van der Waals surface area contributed by atoms with E-state index in [1.54, 1.807) is 24.3 Å². The number of hydrogen-bond acceptors (Lipinski definition) is 10. The van der Waals surface area contributed by atoms with Gasteiger partial charge in [0, 0.05) is 5.56 Å². The van der Waals surface area contributed by atoms with Gasteiger partial charge < -0.3 is 37.9 Å². The highest BCUT2D eigenvalue weighted by atomic mass is 16.7. The Morgan fingerprint density at radius 1 is 0.418 bits per heavy atom. The van der Waals surface area contributed by atoms with Crippen LogP contribution in [-0.4, -0.2) is 64.8 Å². The maximum Gasteiger partial charge on any atom is 0.338 e. The molecule has 10 nitrogen and oxygen atoms in total. The predicted octanol–water partition coefficient (Wildman–Crippen LogP) is 14.8. The molecule has 4 atom stereocenters. The van der Waals surface area contributed by atoms with Crippen LogP contribution in [0.15, 0.2) is 66.7 Å². The van der Waals surface area contributed by atoms with E-state index < -0.39 is 18.2 Å². The number of unbranched alkanes of at least 4 members (excludes halogenated alkanes) is 4. The molecule has 10 heteroatoms. The SMILES string of the molecule is CCCCC(CC)COc1ccc(C(=O)OCCOC(OCCOC(=O)c2ccc(OCC(CC)CCCC)c(OCC(CC)CCCC)c2)c2ccccc2)cc1OCC(CC)CCCC. The Kier molecular flexibility index (Phi) is 29.7. The summed E-state index contributed by atoms with van der Waals surface area (Å²) in [5.74, 6) is 3.20. The summed E-state index contributed by atoms with van der Waals surface area (Å²) in [7, 11) is 0. The van der Waals surface area contributed by atoms with Gasteiger partial charge in [-0.15, -0.1) is 0 Å². The lowest BCUT2D eigenvalue weighted by Crippen LogP contribution is -2.18. The molecule has 0 spiro atoms. The molecule has 0 aromatic heterocycles. The van der Waals surface area contributed by atoms with Crippen molar-refractivity contribution >= 4 is 11.9 Å². The van der Waals surface area contributed by atoms with Gasteiger partial charge in [0.15, 0.2) is 29.3 Å². The van der Waals surface area contributed by atoms with Crippen LogP contribution in [0.25, 0.3) is 0 Å². The number of ether oxygens (including phenoxy) is 8. The van der Waals surface area contributed by atoms with Crippen molar-refractivity contribution in [1.82, 2.24) is 0 Å². The van der Waals surface area contributed by atoms with Crippen LogP contribution < -0.4 is 18.9 Å². The maximum atomic E-state index is 13.4. The molecule has 0 N–H and O–H groups in total. The zero-order chi connectivity index (χ0) is 48.5. The monoisotopic (exact) mass is 933 g/mol. The Morgan fingerprint density at radius 2 is 0.761 bits per heavy atom. The second-order valence-corrected chi connectivity index (χ2v) is 18.0. The Hall–Kier alpha value is -4.28. The maximum absolute atomic E-state index is 13.4. The number of hydrogen-bond donors (Lipinski definition) is 0. The molecule has 0 heterocycles. The molecule has 3 rings (SSSR count). The van der Waals surface area contributed by atoms with Crippen LogP contribution in [0, 0.1) is 23.7 Å². The molecular formula is C57H88O10. The molecule has 4 unspecified atom stereocenters. The third-order valence-corrected chi connectivity index (χ3v) is 12.7. The number of rotatable bonds is 39. The molecule has 0 aliphatic rings. The largest absolute Gasteiger partial charge is 0.489 e. The van der Waals surface area contributed by atoms with Crippen molar-refractivity contribution in [3.63, 3.8) is 0 Å². The minimum Gasteiger partial charge on any atom is -0.489 e. The number of carbonyl (C=O) groups excluding carboxylic acids is 2. The minimum absolute atomic E-state index is 0.000941. The van der Waals surface area contributed by atoms with Crippen LogP contribution in [0.1, 0.15) is 191 Å². The van der Waals surface area contributed by atoms with Crippen LogP contribution in [0.4, 0.5) is 0 Å². The third kappa shape index (κ3) is 22.1. The van der Waals surface area contributed by atoms with Crippen molar-refractivity contribution in [2.24, 2.45) is 23.7 Å². The lowest BCUT2D eigenvalue weighted by atomic mass is 10.0. The van der Waals surface area contributed by atoms with Gasteiger partial charge in [-0.1, -0.05) is 163 Å². The number of carbonyl (C=O) groups is 2. The van der Waals surface area contributed by atoms with Gasteiger partial charge in [-0.3, -0.25) is 0 Å². The number of esters is 2. The highest BCUT2D eigenvalue weighted by Crippen LogP contribution is 2.33. The van der Waals surface area contributed by atoms with Gasteiger partial charge in [0.25, 0.3) is 0 Å². The summed E-state index contributed by atoms with van der Waals surface area (Å²) < 4.78 is 49.0. The first-order chi connectivity index (χ1) is 32.7. The molecule has 0 aliphatic carbocycles. The third-order valence-electron chi connectivity index (χ3n) is 12.7. The molecule has 0 fully saturated rings. The first-order valence-electron chi connectivity index (χ1n) is 26.1. The highest BCUT2D eigenvalue weighted by molar-refractivity contribution is 5.90. The summed E-state index contributed by atoms with van der Waals surface area (Å²) in [4.78, 5) is 26.8. The summed E-state index contributed by atoms with van der Waals surface area (Å²) in [5, 5.41) is 0. The Bertz CT molecular complexity index is 1640. The van der Waals surface area contributed by atoms with E-state index in [9.17, 15) is 9.59 Å². The minimum atomic E-state index is -0.779. The van der Waals surface area contributed by atoms with Gasteiger partial charge in [0.2, 0.25) is 0 Å². The average Bonchev–Trinajstić information content (AvgIpc) is 3.36. The van der Waals surface area contributed by atoms with Crippen LogP contribution in [0.2, 0.25) is 0 Å². The summed E-state index contributed by atoms with van der Waals surface area (Å²) in [6.07, 6.45) is 17.0. The van der Waals surface area contributed by atoms with Gasteiger partial charge in [0.05, 0.1) is 50.8 Å². The Balaban J connectivity index is 1.62. The first kappa shape index (κ1) is 57.0. The van der Waals surface area contributed by atoms with Gasteiger partial charge >= 0.3 is 11.9 Å². The smallest absolute Gasteiger partial charge is 0.338 e. The van der Waals surface area contributed by atoms with Crippen molar-refractivity contribution in [2.45, 2.75) is 164 Å². The van der Waals surface area contributed by atoms with E-state index in [0.29, 0.717) is 84.2 Å². The lowest BCUT2D eigenvalue weighted by Gasteiger charge is -2.21. The van der Waals surface area contributed by atoms with E-state index in [-0.39, 0.29) is 26.4 Å². The molecule has 67 heavy (non-hydrogen) atoms. The molecule has 0 aliphatic heterocycles. The second-order valence-electron chi connectivity index (χ2n) is 18.0. The zero-order valence-corrected chi connectivity index (χ0v) is 42.8. The van der Waals surface area contributed by atoms with Crippen molar-refractivity contribution in [3.8, 4) is 23.0 Å². The molecule has 0 amide bonds. The van der Waals surface area contributed by atoms with Crippen molar-refractivity contribution < 1.29 is 47.5 Å². The second kappa shape index (κ2) is 34.9. The summed E-state index contributed by atoms with van der Waals surface area (Å²) in [6.45, 7) is 20.1. The van der Waals surface area contributed by atoms with Crippen molar-refractivity contribution in [1.29, 1.82) is 0 Å². The highest BCUT2D eigenvalue weighted by Gasteiger charge is 2.20. The fraction of sp³-hybridized carbons (Fsp3) is 0.649.